The van der Waals surface area contributed by atoms with Gasteiger partial charge in [0.05, 0.1) is 24.8 Å². The number of thioether (sulfide) groups is 1. The fourth-order valence-electron chi connectivity index (χ4n) is 2.89. The minimum absolute atomic E-state index is 0.0313. The number of ether oxygens (including phenoxy) is 1. The minimum Gasteiger partial charge on any atom is -0.377 e. The number of benzene rings is 1. The van der Waals surface area contributed by atoms with Gasteiger partial charge in [0.15, 0.2) is 0 Å². The number of carbonyl (C=O) groups excluding carboxylic acids is 1. The number of rotatable bonds is 3. The first-order valence-corrected chi connectivity index (χ1v) is 8.58. The van der Waals surface area contributed by atoms with Gasteiger partial charge in [-0.3, -0.25) is 4.79 Å². The van der Waals surface area contributed by atoms with Crippen LogP contribution in [0, 0.1) is 0 Å². The summed E-state index contributed by atoms with van der Waals surface area (Å²) in [4.78, 5) is 16.0. The molecule has 0 radical (unpaired) electrons. The topological polar surface area (TPSA) is 34.5 Å². The lowest BCUT2D eigenvalue weighted by Crippen LogP contribution is -2.44. The van der Waals surface area contributed by atoms with E-state index < -0.39 is 0 Å². The molecule has 1 fully saturated rings. The van der Waals surface area contributed by atoms with Gasteiger partial charge < -0.3 is 14.2 Å². The van der Waals surface area contributed by atoms with Crippen LogP contribution in [-0.4, -0.2) is 41.4 Å². The smallest absolute Gasteiger partial charge is 0.255 e. The first kappa shape index (κ1) is 15.2. The van der Waals surface area contributed by atoms with Gasteiger partial charge in [-0.1, -0.05) is 12.1 Å². The van der Waals surface area contributed by atoms with E-state index in [1.54, 1.807) is 11.8 Å². The van der Waals surface area contributed by atoms with Crippen molar-refractivity contribution in [2.75, 3.05) is 26.0 Å². The number of hydrogen-bond donors (Lipinski definition) is 0. The third-order valence-corrected chi connectivity index (χ3v) is 4.85. The number of carbonyl (C=O) groups is 1. The summed E-state index contributed by atoms with van der Waals surface area (Å²) in [6, 6.07) is 11.8. The summed E-state index contributed by atoms with van der Waals surface area (Å²) in [6.45, 7) is 1.76. The fourth-order valence-corrected chi connectivity index (χ4v) is 3.48. The average Bonchev–Trinajstić information content (AvgIpc) is 3.00. The molecule has 22 heavy (non-hydrogen) atoms. The van der Waals surface area contributed by atoms with Crippen molar-refractivity contribution in [2.24, 2.45) is 7.05 Å². The van der Waals surface area contributed by atoms with Gasteiger partial charge >= 0.3 is 0 Å². The van der Waals surface area contributed by atoms with E-state index in [0.29, 0.717) is 19.8 Å². The molecular weight excluding hydrogens is 296 g/mol. The molecule has 1 atom stereocenters. The summed E-state index contributed by atoms with van der Waals surface area (Å²) >= 11 is 1.61. The van der Waals surface area contributed by atoms with Crippen LogP contribution in [0.4, 0.5) is 0 Å². The molecule has 1 saturated heterocycles. The summed E-state index contributed by atoms with van der Waals surface area (Å²) in [7, 11) is 2.00. The fraction of sp³-hybridized carbons (Fsp3) is 0.353. The molecule has 5 heteroatoms. The summed E-state index contributed by atoms with van der Waals surface area (Å²) in [5, 5.41) is 0. The van der Waals surface area contributed by atoms with Crippen molar-refractivity contribution in [1.82, 2.24) is 9.47 Å². The van der Waals surface area contributed by atoms with Crippen molar-refractivity contribution in [1.29, 1.82) is 0 Å². The highest BCUT2D eigenvalue weighted by atomic mass is 32.2. The number of amides is 1. The molecule has 0 unspecified atom stereocenters. The van der Waals surface area contributed by atoms with Crippen LogP contribution in [-0.2, 0) is 11.8 Å². The second kappa shape index (κ2) is 6.58. The van der Waals surface area contributed by atoms with E-state index in [1.807, 2.05) is 54.7 Å². The first-order valence-electron chi connectivity index (χ1n) is 7.35. The molecule has 2 heterocycles. The van der Waals surface area contributed by atoms with Crippen LogP contribution >= 0.6 is 11.8 Å². The number of aromatic nitrogens is 1. The first-order chi connectivity index (χ1) is 10.7. The van der Waals surface area contributed by atoms with Gasteiger partial charge in [0.2, 0.25) is 0 Å². The quantitative estimate of drug-likeness (QED) is 0.817. The Hall–Kier alpha value is -1.72. The molecule has 1 aromatic carbocycles. The predicted octanol–water partition coefficient (Wildman–Crippen LogP) is 2.96. The summed E-state index contributed by atoms with van der Waals surface area (Å²) in [6.07, 6.45) is 4.00. The van der Waals surface area contributed by atoms with Gasteiger partial charge in [-0.2, -0.15) is 0 Å². The lowest BCUT2D eigenvalue weighted by Gasteiger charge is -2.36. The second-order valence-electron chi connectivity index (χ2n) is 5.33. The van der Waals surface area contributed by atoms with Crippen molar-refractivity contribution in [3.63, 3.8) is 0 Å². The summed E-state index contributed by atoms with van der Waals surface area (Å²) in [5.74, 6) is 0.0828. The normalized spacial score (nSPS) is 18.5. The van der Waals surface area contributed by atoms with E-state index >= 15 is 0 Å². The van der Waals surface area contributed by atoms with Crippen LogP contribution in [0.1, 0.15) is 22.1 Å². The van der Waals surface area contributed by atoms with Crippen LogP contribution in [0.25, 0.3) is 0 Å². The molecule has 116 valence electrons. The Morgan fingerprint density at radius 3 is 2.82 bits per heavy atom. The number of morpholine rings is 1. The predicted molar refractivity (Wildman–Crippen MR) is 88.2 cm³/mol. The highest BCUT2D eigenvalue weighted by molar-refractivity contribution is 7.98. The second-order valence-corrected chi connectivity index (χ2v) is 6.18. The van der Waals surface area contributed by atoms with Crippen LogP contribution < -0.4 is 0 Å². The molecule has 0 spiro atoms. The maximum atomic E-state index is 13.0. The molecule has 0 saturated carbocycles. The van der Waals surface area contributed by atoms with Gasteiger partial charge in [-0.25, -0.2) is 0 Å². The Balaban J connectivity index is 1.94. The van der Waals surface area contributed by atoms with Gasteiger partial charge in [0.25, 0.3) is 5.91 Å². The van der Waals surface area contributed by atoms with E-state index in [4.69, 9.17) is 4.74 Å². The lowest BCUT2D eigenvalue weighted by molar-refractivity contribution is -0.00481. The monoisotopic (exact) mass is 316 g/mol. The van der Waals surface area contributed by atoms with Crippen molar-refractivity contribution in [3.05, 3.63) is 53.9 Å². The van der Waals surface area contributed by atoms with Crippen LogP contribution in [0.15, 0.2) is 47.5 Å². The molecule has 1 aliphatic rings. The van der Waals surface area contributed by atoms with Crippen LogP contribution in [0.5, 0.6) is 0 Å². The molecule has 2 aromatic rings. The van der Waals surface area contributed by atoms with E-state index in [-0.39, 0.29) is 11.9 Å². The zero-order chi connectivity index (χ0) is 15.5. The number of aryl methyl sites for hydroxylation is 1. The molecule has 3 rings (SSSR count). The maximum absolute atomic E-state index is 13.0. The highest BCUT2D eigenvalue weighted by Gasteiger charge is 2.31. The highest BCUT2D eigenvalue weighted by Crippen LogP contribution is 2.28. The van der Waals surface area contributed by atoms with Crippen LogP contribution in [0.3, 0.4) is 0 Å². The van der Waals surface area contributed by atoms with Crippen LogP contribution in [0.2, 0.25) is 0 Å². The molecular formula is C17H20N2O2S. The molecule has 0 N–H and O–H groups in total. The van der Waals surface area contributed by atoms with Gasteiger partial charge in [0, 0.05) is 30.4 Å². The molecule has 1 aromatic heterocycles. The van der Waals surface area contributed by atoms with E-state index in [2.05, 4.69) is 10.6 Å². The van der Waals surface area contributed by atoms with E-state index in [1.165, 1.54) is 0 Å². The largest absolute Gasteiger partial charge is 0.377 e. The van der Waals surface area contributed by atoms with Crippen molar-refractivity contribution in [3.8, 4) is 0 Å². The van der Waals surface area contributed by atoms with Gasteiger partial charge in [-0.15, -0.1) is 11.8 Å². The van der Waals surface area contributed by atoms with Gasteiger partial charge in [-0.05, 0) is 30.5 Å². The maximum Gasteiger partial charge on any atom is 0.255 e. The Morgan fingerprint density at radius 2 is 2.09 bits per heavy atom. The van der Waals surface area contributed by atoms with Crippen molar-refractivity contribution < 1.29 is 9.53 Å². The SMILES string of the molecule is CSc1ccccc1C(=O)N1CCOC[C@H]1c1cccn1C. The Labute approximate surface area is 135 Å². The Kier molecular flexibility index (Phi) is 4.55. The van der Waals surface area contributed by atoms with Crippen molar-refractivity contribution >= 4 is 17.7 Å². The lowest BCUT2D eigenvalue weighted by atomic mass is 10.1. The number of nitrogens with zero attached hydrogens (tertiary/aromatic N) is 2. The van der Waals surface area contributed by atoms with E-state index in [0.717, 1.165) is 16.2 Å². The third-order valence-electron chi connectivity index (χ3n) is 4.05. The minimum atomic E-state index is -0.0313. The summed E-state index contributed by atoms with van der Waals surface area (Å²) < 4.78 is 7.68. The van der Waals surface area contributed by atoms with E-state index in [9.17, 15) is 4.79 Å². The molecule has 0 aliphatic carbocycles. The molecule has 1 aliphatic heterocycles. The Morgan fingerprint density at radius 1 is 1.27 bits per heavy atom. The average molecular weight is 316 g/mol. The Bertz CT molecular complexity index is 668. The molecule has 4 nitrogen and oxygen atoms in total. The third kappa shape index (κ3) is 2.78. The zero-order valence-electron chi connectivity index (χ0n) is 12.9. The molecule has 0 bridgehead atoms. The number of hydrogen-bond acceptors (Lipinski definition) is 3. The van der Waals surface area contributed by atoms with Crippen molar-refractivity contribution in [2.45, 2.75) is 10.9 Å². The van der Waals surface area contributed by atoms with Gasteiger partial charge in [0.1, 0.15) is 0 Å². The zero-order valence-corrected chi connectivity index (χ0v) is 13.7. The standard InChI is InChI=1S/C17H20N2O2S/c1-18-9-5-7-14(18)15-12-21-11-10-19(15)17(20)13-6-3-4-8-16(13)22-2/h3-9,15H,10-12H2,1-2H3/t15-/m0/s1. The summed E-state index contributed by atoms with van der Waals surface area (Å²) in [5.41, 5.74) is 1.88. The molecule has 1 amide bonds.